The number of rotatable bonds is 5. The fourth-order valence-electron chi connectivity index (χ4n) is 5.62. The van der Waals surface area contributed by atoms with Crippen LogP contribution in [0.3, 0.4) is 0 Å². The lowest BCUT2D eigenvalue weighted by atomic mass is 9.75. The molecule has 3 aromatic rings. The summed E-state index contributed by atoms with van der Waals surface area (Å²) in [6.07, 6.45) is -2.08. The number of alkyl halides is 2. The molecule has 1 N–H and O–H groups in total. The Kier molecular flexibility index (Phi) is 7.70. The number of halogens is 3. The zero-order chi connectivity index (χ0) is 33.4. The van der Waals surface area contributed by atoms with Gasteiger partial charge in [-0.25, -0.2) is 13.1 Å². The molecule has 7 rings (SSSR count). The molecule has 242 valence electrons. The zero-order valence-electron chi connectivity index (χ0n) is 25.7. The second-order valence-electron chi connectivity index (χ2n) is 12.9. The summed E-state index contributed by atoms with van der Waals surface area (Å²) >= 11 is 3.13. The number of hydrogen-bond acceptors (Lipinski definition) is 8. The minimum Gasteiger partial charge on any atom is -0.399 e. The minimum absolute atomic E-state index is 0.0161. The third-order valence-corrected chi connectivity index (χ3v) is 11.0. The predicted octanol–water partition coefficient (Wildman–Crippen LogP) is 5.34. The first-order valence-corrected chi connectivity index (χ1v) is 16.9. The first kappa shape index (κ1) is 32.6. The van der Waals surface area contributed by atoms with E-state index < -0.39 is 46.0 Å². The van der Waals surface area contributed by atoms with E-state index in [0.29, 0.717) is 22.9 Å². The quantitative estimate of drug-likeness (QED) is 0.352. The summed E-state index contributed by atoms with van der Waals surface area (Å²) in [7, 11) is -4.11. The molecule has 0 unspecified atom stereocenters. The van der Waals surface area contributed by atoms with Crippen molar-refractivity contribution in [2.24, 2.45) is 0 Å². The largest absolute Gasteiger partial charge is 0.586 e. The average molecular weight is 718 g/mol. The maximum atomic E-state index is 13.4. The van der Waals surface area contributed by atoms with Crippen LogP contribution >= 0.6 is 15.9 Å². The number of aryl methyl sites for hydroxylation is 1. The monoisotopic (exact) mass is 717 g/mol. The molecule has 3 aromatic carbocycles. The molecule has 0 atom stereocenters. The van der Waals surface area contributed by atoms with E-state index >= 15 is 0 Å². The van der Waals surface area contributed by atoms with Crippen LogP contribution in [0.1, 0.15) is 67.6 Å². The Morgan fingerprint density at radius 1 is 0.935 bits per heavy atom. The molecule has 4 aliphatic rings. The van der Waals surface area contributed by atoms with Gasteiger partial charge in [0, 0.05) is 10.9 Å². The Hall–Kier alpha value is -3.33. The number of amides is 1. The molecule has 1 saturated heterocycles. The zero-order valence-corrected chi connectivity index (χ0v) is 28.1. The maximum absolute atomic E-state index is 13.4. The molecule has 1 amide bonds. The fourth-order valence-corrected chi connectivity index (χ4v) is 7.33. The summed E-state index contributed by atoms with van der Waals surface area (Å²) in [4.78, 5) is 24.5. The molecule has 9 nitrogen and oxygen atoms in total. The normalized spacial score (nSPS) is 21.6. The number of carbonyl (C=O) groups is 2. The first-order chi connectivity index (χ1) is 21.3. The van der Waals surface area contributed by atoms with E-state index in [4.69, 9.17) is 9.31 Å². The molecule has 3 aliphatic heterocycles. The number of sulfonamides is 1. The highest BCUT2D eigenvalue weighted by molar-refractivity contribution is 9.10. The van der Waals surface area contributed by atoms with Gasteiger partial charge in [0.2, 0.25) is 0 Å². The molecule has 3 heterocycles. The Balaban J connectivity index is 0.000000238. The summed E-state index contributed by atoms with van der Waals surface area (Å²) in [5, 5.41) is 0. The van der Waals surface area contributed by atoms with Gasteiger partial charge in [-0.05, 0) is 94.4 Å². The molecule has 46 heavy (non-hydrogen) atoms. The van der Waals surface area contributed by atoms with Crippen LogP contribution in [-0.2, 0) is 36.0 Å². The summed E-state index contributed by atoms with van der Waals surface area (Å²) in [6.45, 7) is 10.0. The number of fused-ring (bicyclic) bond motifs is 2. The first-order valence-electron chi connectivity index (χ1n) is 14.6. The number of nitrogens with one attached hydrogen (secondary N) is 1. The SMILES string of the molecule is Cc1ccc(CC(=O)C2(c3ccc4c(c3)OC(F)(F)O4)CC2)cc1B1OC(C)(C)C(C)(C)O1.O=C1NS(=O)(=O)c2cc(Br)ccc21. The van der Waals surface area contributed by atoms with Crippen molar-refractivity contribution in [3.8, 4) is 11.5 Å². The maximum Gasteiger partial charge on any atom is 0.586 e. The molecular weight excluding hydrogens is 687 g/mol. The Morgan fingerprint density at radius 2 is 1.59 bits per heavy atom. The van der Waals surface area contributed by atoms with Crippen LogP contribution in [0.4, 0.5) is 8.78 Å². The van der Waals surface area contributed by atoms with E-state index in [-0.39, 0.29) is 34.2 Å². The van der Waals surface area contributed by atoms with Crippen LogP contribution < -0.4 is 19.7 Å². The van der Waals surface area contributed by atoms with Gasteiger partial charge in [0.1, 0.15) is 10.7 Å². The number of Topliss-reactive ketones (excluding diaryl/α,β-unsaturated/α-hetero) is 1. The number of ketones is 1. The summed E-state index contributed by atoms with van der Waals surface area (Å²) in [5.74, 6) is -0.563. The van der Waals surface area contributed by atoms with Gasteiger partial charge in [0.15, 0.2) is 11.5 Å². The standard InChI is InChI=1S/C25H27BF2O5.C7H4BrNO3S/c1-15-6-7-16(12-18(15)26-32-22(2,3)23(4,5)33-26)13-21(29)24(10-11-24)17-8-9-19-20(14-17)31-25(27,28)30-19;8-4-1-2-5-6(3-4)13(11,12)9-7(5)10/h6-9,12,14H,10-11,13H2,1-5H3;1-3H,(H,9,10). The molecule has 2 fully saturated rings. The molecule has 0 spiro atoms. The lowest BCUT2D eigenvalue weighted by Gasteiger charge is -2.32. The smallest absolute Gasteiger partial charge is 0.399 e. The third kappa shape index (κ3) is 5.84. The Morgan fingerprint density at radius 3 is 2.24 bits per heavy atom. The summed E-state index contributed by atoms with van der Waals surface area (Å²) < 4.78 is 73.3. The second kappa shape index (κ2) is 10.9. The van der Waals surface area contributed by atoms with E-state index in [1.54, 1.807) is 12.1 Å². The van der Waals surface area contributed by atoms with Crippen LogP contribution in [0, 0.1) is 6.92 Å². The van der Waals surface area contributed by atoms with Gasteiger partial charge < -0.3 is 18.8 Å². The summed E-state index contributed by atoms with van der Waals surface area (Å²) in [5.41, 5.74) is 2.11. The van der Waals surface area contributed by atoms with Crippen LogP contribution in [0.5, 0.6) is 11.5 Å². The van der Waals surface area contributed by atoms with Crippen molar-refractivity contribution in [3.63, 3.8) is 0 Å². The second-order valence-corrected chi connectivity index (χ2v) is 15.4. The molecular formula is C32H31BBrF2NO8S. The van der Waals surface area contributed by atoms with Gasteiger partial charge in [0.25, 0.3) is 15.9 Å². The van der Waals surface area contributed by atoms with E-state index in [1.165, 1.54) is 24.3 Å². The van der Waals surface area contributed by atoms with Crippen molar-refractivity contribution in [3.05, 3.63) is 81.3 Å². The van der Waals surface area contributed by atoms with E-state index in [2.05, 4.69) is 25.4 Å². The summed E-state index contributed by atoms with van der Waals surface area (Å²) in [6, 6.07) is 15.0. The van der Waals surface area contributed by atoms with Crippen LogP contribution in [0.15, 0.2) is 64.0 Å². The van der Waals surface area contributed by atoms with E-state index in [9.17, 15) is 26.8 Å². The lowest BCUT2D eigenvalue weighted by Crippen LogP contribution is -2.41. The van der Waals surface area contributed by atoms with Gasteiger partial charge in [-0.15, -0.1) is 8.78 Å². The van der Waals surface area contributed by atoms with Crippen molar-refractivity contribution in [1.82, 2.24) is 4.72 Å². The van der Waals surface area contributed by atoms with Gasteiger partial charge in [-0.2, -0.15) is 0 Å². The molecule has 1 saturated carbocycles. The molecule has 0 radical (unpaired) electrons. The number of carbonyl (C=O) groups excluding carboxylic acids is 2. The Labute approximate surface area is 274 Å². The van der Waals surface area contributed by atoms with Crippen molar-refractivity contribution >= 4 is 50.2 Å². The number of hydrogen-bond donors (Lipinski definition) is 1. The molecule has 0 bridgehead atoms. The van der Waals surface area contributed by atoms with Crippen LogP contribution in [0.25, 0.3) is 0 Å². The van der Waals surface area contributed by atoms with Crippen molar-refractivity contribution < 1.29 is 45.6 Å². The van der Waals surface area contributed by atoms with Gasteiger partial charge in [0.05, 0.1) is 22.2 Å². The predicted molar refractivity (Wildman–Crippen MR) is 168 cm³/mol. The van der Waals surface area contributed by atoms with E-state index in [1.807, 2.05) is 57.5 Å². The topological polar surface area (TPSA) is 117 Å². The van der Waals surface area contributed by atoms with Gasteiger partial charge in [-0.1, -0.05) is 45.8 Å². The third-order valence-electron chi connectivity index (χ3n) is 9.16. The van der Waals surface area contributed by atoms with Crippen LogP contribution in [0.2, 0.25) is 0 Å². The molecule has 1 aliphatic carbocycles. The van der Waals surface area contributed by atoms with Gasteiger partial charge in [-0.3, -0.25) is 9.59 Å². The van der Waals surface area contributed by atoms with Crippen molar-refractivity contribution in [2.45, 2.75) is 81.7 Å². The fraction of sp³-hybridized carbons (Fsp3) is 0.375. The minimum atomic E-state index is -3.67. The number of benzene rings is 3. The average Bonchev–Trinajstić information content (AvgIpc) is 3.59. The van der Waals surface area contributed by atoms with Crippen LogP contribution in [-0.4, -0.2) is 44.7 Å². The van der Waals surface area contributed by atoms with Crippen molar-refractivity contribution in [2.75, 3.05) is 0 Å². The Bertz CT molecular complexity index is 1880. The molecule has 14 heteroatoms. The molecule has 0 aromatic heterocycles. The number of ether oxygens (including phenoxy) is 2. The highest BCUT2D eigenvalue weighted by Crippen LogP contribution is 2.52. The lowest BCUT2D eigenvalue weighted by molar-refractivity contribution is -0.286. The highest BCUT2D eigenvalue weighted by Gasteiger charge is 2.53. The van der Waals surface area contributed by atoms with Gasteiger partial charge >= 0.3 is 13.4 Å². The van der Waals surface area contributed by atoms with E-state index in [0.717, 1.165) is 16.6 Å². The highest BCUT2D eigenvalue weighted by atomic mass is 79.9. The van der Waals surface area contributed by atoms with Crippen molar-refractivity contribution in [1.29, 1.82) is 0 Å².